The molecule has 0 saturated heterocycles. The third-order valence-corrected chi connectivity index (χ3v) is 4.80. The van der Waals surface area contributed by atoms with E-state index in [2.05, 4.69) is 48.9 Å². The Morgan fingerprint density at radius 2 is 2.25 bits per heavy atom. The van der Waals surface area contributed by atoms with E-state index in [0.717, 1.165) is 36.9 Å². The highest BCUT2D eigenvalue weighted by atomic mass is 15.2. The summed E-state index contributed by atoms with van der Waals surface area (Å²) in [7, 11) is 0. The summed E-state index contributed by atoms with van der Waals surface area (Å²) in [5.41, 5.74) is 8.64. The fourth-order valence-corrected chi connectivity index (χ4v) is 3.73. The van der Waals surface area contributed by atoms with Gasteiger partial charge < -0.3 is 5.73 Å². The number of pyridine rings is 1. The average molecular weight is 275 g/mol. The third kappa shape index (κ3) is 3.39. The Labute approximate surface area is 123 Å². The minimum Gasteiger partial charge on any atom is -0.329 e. The zero-order chi connectivity index (χ0) is 14.6. The predicted molar refractivity (Wildman–Crippen MR) is 84.5 cm³/mol. The first-order valence-corrected chi connectivity index (χ1v) is 7.97. The number of nitrogens with two attached hydrogens (primary N) is 1. The molecule has 0 aliphatic heterocycles. The fraction of sp³-hybridized carbons (Fsp3) is 0.706. The van der Waals surface area contributed by atoms with Crippen molar-refractivity contribution in [3.05, 3.63) is 29.6 Å². The number of aromatic nitrogens is 1. The molecule has 2 unspecified atom stereocenters. The second-order valence-electron chi connectivity index (χ2n) is 6.41. The van der Waals surface area contributed by atoms with Crippen molar-refractivity contribution in [1.82, 2.24) is 9.88 Å². The molecule has 20 heavy (non-hydrogen) atoms. The molecule has 1 aliphatic carbocycles. The highest BCUT2D eigenvalue weighted by Gasteiger charge is 2.38. The molecule has 3 heteroatoms. The van der Waals surface area contributed by atoms with Crippen molar-refractivity contribution in [3.8, 4) is 0 Å². The second-order valence-corrected chi connectivity index (χ2v) is 6.41. The normalized spacial score (nSPS) is 26.9. The van der Waals surface area contributed by atoms with E-state index < -0.39 is 0 Å². The summed E-state index contributed by atoms with van der Waals surface area (Å²) in [5.74, 6) is 0.784. The first kappa shape index (κ1) is 15.5. The van der Waals surface area contributed by atoms with Gasteiger partial charge in [-0.2, -0.15) is 0 Å². The topological polar surface area (TPSA) is 42.2 Å². The lowest BCUT2D eigenvalue weighted by molar-refractivity contribution is 0.0357. The Kier molecular flexibility index (Phi) is 5.17. The minimum absolute atomic E-state index is 0.178. The Morgan fingerprint density at radius 3 is 2.85 bits per heavy atom. The van der Waals surface area contributed by atoms with Crippen molar-refractivity contribution in [2.75, 3.05) is 13.1 Å². The third-order valence-electron chi connectivity index (χ3n) is 4.80. The quantitative estimate of drug-likeness (QED) is 0.897. The lowest BCUT2D eigenvalue weighted by Crippen LogP contribution is -2.55. The highest BCUT2D eigenvalue weighted by Crippen LogP contribution is 2.36. The van der Waals surface area contributed by atoms with Crippen molar-refractivity contribution in [1.29, 1.82) is 0 Å². The Balaban J connectivity index is 2.17. The van der Waals surface area contributed by atoms with Crippen LogP contribution in [0.2, 0.25) is 0 Å². The molecular formula is C17H29N3. The van der Waals surface area contributed by atoms with Crippen LogP contribution in [-0.4, -0.2) is 28.5 Å². The lowest BCUT2D eigenvalue weighted by Gasteiger charge is -2.47. The Bertz CT molecular complexity index is 432. The molecule has 1 aromatic rings. The van der Waals surface area contributed by atoms with Crippen LogP contribution in [0, 0.1) is 12.8 Å². The van der Waals surface area contributed by atoms with Gasteiger partial charge in [0.05, 0.1) is 5.69 Å². The van der Waals surface area contributed by atoms with E-state index in [9.17, 15) is 0 Å². The number of rotatable bonds is 5. The summed E-state index contributed by atoms with van der Waals surface area (Å²) in [6.07, 6.45) is 5.11. The van der Waals surface area contributed by atoms with Crippen LogP contribution in [-0.2, 0) is 6.54 Å². The van der Waals surface area contributed by atoms with Crippen LogP contribution >= 0.6 is 0 Å². The average Bonchev–Trinajstić information content (AvgIpc) is 2.44. The van der Waals surface area contributed by atoms with Gasteiger partial charge in [-0.1, -0.05) is 32.8 Å². The van der Waals surface area contributed by atoms with Gasteiger partial charge in [0.25, 0.3) is 0 Å². The van der Waals surface area contributed by atoms with Crippen molar-refractivity contribution in [2.45, 2.75) is 58.5 Å². The van der Waals surface area contributed by atoms with Crippen molar-refractivity contribution >= 4 is 0 Å². The second kappa shape index (κ2) is 6.68. The van der Waals surface area contributed by atoms with E-state index in [4.69, 9.17) is 5.73 Å². The molecule has 2 atom stereocenters. The molecule has 1 heterocycles. The maximum Gasteiger partial charge on any atom is 0.0547 e. The van der Waals surface area contributed by atoms with E-state index >= 15 is 0 Å². The first-order chi connectivity index (χ1) is 9.59. The maximum absolute atomic E-state index is 6.20. The minimum atomic E-state index is 0.178. The van der Waals surface area contributed by atoms with Crippen LogP contribution < -0.4 is 5.73 Å². The van der Waals surface area contributed by atoms with Crippen LogP contribution in [0.25, 0.3) is 0 Å². The van der Waals surface area contributed by atoms with Crippen LogP contribution in [0.5, 0.6) is 0 Å². The van der Waals surface area contributed by atoms with Crippen molar-refractivity contribution < 1.29 is 0 Å². The standard InChI is InChI=1S/C17H29N3/c1-4-20(12-16-9-5-8-15(3)19-16)17(13-18)10-6-7-14(2)11-17/h5,8-9,14H,4,6-7,10-13,18H2,1-3H3. The van der Waals surface area contributed by atoms with Crippen LogP contribution in [0.4, 0.5) is 0 Å². The summed E-state index contributed by atoms with van der Waals surface area (Å²) in [6, 6.07) is 6.29. The van der Waals surface area contributed by atoms with E-state index in [-0.39, 0.29) is 5.54 Å². The van der Waals surface area contributed by atoms with Gasteiger partial charge >= 0.3 is 0 Å². The fourth-order valence-electron chi connectivity index (χ4n) is 3.73. The highest BCUT2D eigenvalue weighted by molar-refractivity contribution is 5.11. The molecule has 0 radical (unpaired) electrons. The van der Waals surface area contributed by atoms with Crippen molar-refractivity contribution in [2.24, 2.45) is 11.7 Å². The van der Waals surface area contributed by atoms with Gasteiger partial charge in [-0.15, -0.1) is 0 Å². The number of hydrogen-bond donors (Lipinski definition) is 1. The van der Waals surface area contributed by atoms with Gasteiger partial charge in [-0.05, 0) is 44.4 Å². The Morgan fingerprint density at radius 1 is 1.45 bits per heavy atom. The summed E-state index contributed by atoms with van der Waals surface area (Å²) < 4.78 is 0. The first-order valence-electron chi connectivity index (χ1n) is 7.97. The molecule has 0 aromatic carbocycles. The SMILES string of the molecule is CCN(Cc1cccc(C)n1)C1(CN)CCCC(C)C1. The summed E-state index contributed by atoms with van der Waals surface area (Å²) >= 11 is 0. The molecule has 0 amide bonds. The molecule has 2 N–H and O–H groups in total. The predicted octanol–water partition coefficient (Wildman–Crippen LogP) is 3.12. The molecule has 112 valence electrons. The number of likely N-dealkylation sites (N-methyl/N-ethyl adjacent to an activating group) is 1. The molecule has 1 aliphatic rings. The van der Waals surface area contributed by atoms with E-state index in [1.807, 2.05) is 0 Å². The monoisotopic (exact) mass is 275 g/mol. The van der Waals surface area contributed by atoms with E-state index in [1.165, 1.54) is 25.7 Å². The number of aryl methyl sites for hydroxylation is 1. The molecule has 0 spiro atoms. The summed E-state index contributed by atoms with van der Waals surface area (Å²) in [6.45, 7) is 9.38. The molecule has 0 bridgehead atoms. The lowest BCUT2D eigenvalue weighted by atomic mass is 9.75. The van der Waals surface area contributed by atoms with Crippen LogP contribution in [0.15, 0.2) is 18.2 Å². The molecule has 1 aromatic heterocycles. The Hall–Kier alpha value is -0.930. The van der Waals surface area contributed by atoms with Gasteiger partial charge in [0.2, 0.25) is 0 Å². The molecule has 2 rings (SSSR count). The zero-order valence-corrected chi connectivity index (χ0v) is 13.2. The summed E-state index contributed by atoms with van der Waals surface area (Å²) in [5, 5.41) is 0. The van der Waals surface area contributed by atoms with Gasteiger partial charge in [-0.25, -0.2) is 0 Å². The van der Waals surface area contributed by atoms with Crippen LogP contribution in [0.3, 0.4) is 0 Å². The number of nitrogens with zero attached hydrogens (tertiary/aromatic N) is 2. The van der Waals surface area contributed by atoms with Gasteiger partial charge in [-0.3, -0.25) is 9.88 Å². The largest absolute Gasteiger partial charge is 0.329 e. The molecule has 1 fully saturated rings. The van der Waals surface area contributed by atoms with Gasteiger partial charge in [0.15, 0.2) is 0 Å². The van der Waals surface area contributed by atoms with E-state index in [0.29, 0.717) is 0 Å². The molecule has 3 nitrogen and oxygen atoms in total. The number of hydrogen-bond acceptors (Lipinski definition) is 3. The zero-order valence-electron chi connectivity index (χ0n) is 13.2. The van der Waals surface area contributed by atoms with Crippen LogP contribution in [0.1, 0.15) is 50.9 Å². The van der Waals surface area contributed by atoms with Crippen molar-refractivity contribution in [3.63, 3.8) is 0 Å². The summed E-state index contributed by atoms with van der Waals surface area (Å²) in [4.78, 5) is 7.22. The molecule has 1 saturated carbocycles. The maximum atomic E-state index is 6.20. The van der Waals surface area contributed by atoms with Gasteiger partial charge in [0.1, 0.15) is 0 Å². The smallest absolute Gasteiger partial charge is 0.0547 e. The van der Waals surface area contributed by atoms with E-state index in [1.54, 1.807) is 0 Å². The molecular weight excluding hydrogens is 246 g/mol. The van der Waals surface area contributed by atoms with Gasteiger partial charge in [0, 0.05) is 24.3 Å².